The van der Waals surface area contributed by atoms with Gasteiger partial charge in [0.05, 0.1) is 11.1 Å². The topological polar surface area (TPSA) is 74.6 Å². The van der Waals surface area contributed by atoms with Crippen LogP contribution in [0.15, 0.2) is 60.7 Å². The van der Waals surface area contributed by atoms with Crippen LogP contribution in [0.3, 0.4) is 0 Å². The molecule has 0 aromatic heterocycles. The van der Waals surface area contributed by atoms with E-state index in [4.69, 9.17) is 0 Å². The molecule has 4 aromatic rings. The average molecular weight is 455 g/mol. The summed E-state index contributed by atoms with van der Waals surface area (Å²) < 4.78 is 0. The fourth-order valence-corrected chi connectivity index (χ4v) is 4.33. The van der Waals surface area contributed by atoms with Crippen LogP contribution in [0.1, 0.15) is 62.3 Å². The fraction of sp³-hybridized carbons (Fsp3) is 0.267. The highest BCUT2D eigenvalue weighted by atomic mass is 16.3. The first kappa shape index (κ1) is 23.5. The molecule has 0 atom stereocenters. The van der Waals surface area contributed by atoms with Gasteiger partial charge in [0.15, 0.2) is 11.6 Å². The Bertz CT molecular complexity index is 1350. The van der Waals surface area contributed by atoms with Crippen molar-refractivity contribution in [3.05, 3.63) is 71.8 Å². The van der Waals surface area contributed by atoms with Gasteiger partial charge in [0.25, 0.3) is 0 Å². The van der Waals surface area contributed by atoms with E-state index in [1.54, 1.807) is 53.7 Å². The number of ketones is 2. The largest absolute Gasteiger partial charge is 0.507 e. The molecule has 4 rings (SSSR count). The number of hydrogen-bond donors (Lipinski definition) is 2. The summed E-state index contributed by atoms with van der Waals surface area (Å²) in [5.41, 5.74) is -0.350. The maximum atomic E-state index is 13.3. The number of benzene rings is 4. The minimum absolute atomic E-state index is 0.192. The second-order valence-electron chi connectivity index (χ2n) is 10.9. The van der Waals surface area contributed by atoms with E-state index in [0.29, 0.717) is 21.9 Å². The number of hydrogen-bond acceptors (Lipinski definition) is 4. The number of carbonyl (C=O) groups is 2. The molecule has 4 heteroatoms. The summed E-state index contributed by atoms with van der Waals surface area (Å²) >= 11 is 0. The van der Waals surface area contributed by atoms with E-state index < -0.39 is 10.8 Å². The zero-order chi connectivity index (χ0) is 25.0. The highest BCUT2D eigenvalue weighted by molar-refractivity contribution is 6.17. The normalized spacial score (nSPS) is 12.3. The molecular weight excluding hydrogens is 424 g/mol. The molecule has 0 fully saturated rings. The lowest BCUT2D eigenvalue weighted by molar-refractivity contribution is 0.0849. The van der Waals surface area contributed by atoms with Crippen molar-refractivity contribution in [2.45, 2.75) is 41.5 Å². The van der Waals surface area contributed by atoms with Gasteiger partial charge in [-0.2, -0.15) is 0 Å². The van der Waals surface area contributed by atoms with E-state index >= 15 is 0 Å². The quantitative estimate of drug-likeness (QED) is 0.314. The van der Waals surface area contributed by atoms with E-state index in [9.17, 15) is 19.8 Å². The lowest BCUT2D eigenvalue weighted by Crippen LogP contribution is -2.21. The van der Waals surface area contributed by atoms with Crippen LogP contribution in [-0.4, -0.2) is 21.8 Å². The molecule has 2 N–H and O–H groups in total. The van der Waals surface area contributed by atoms with Gasteiger partial charge in [0.1, 0.15) is 11.5 Å². The van der Waals surface area contributed by atoms with Crippen LogP contribution in [0.4, 0.5) is 0 Å². The molecule has 0 amide bonds. The molecule has 0 saturated carbocycles. The van der Waals surface area contributed by atoms with Crippen LogP contribution in [-0.2, 0) is 0 Å². The number of fused-ring (bicyclic) bond motifs is 2. The Hall–Kier alpha value is -3.66. The first-order valence-electron chi connectivity index (χ1n) is 11.4. The molecule has 0 aliphatic carbocycles. The maximum Gasteiger partial charge on any atom is 0.171 e. The number of carbonyl (C=O) groups excluding carboxylic acids is 2. The van der Waals surface area contributed by atoms with E-state index in [1.807, 2.05) is 48.5 Å². The van der Waals surface area contributed by atoms with Crippen LogP contribution in [0, 0.1) is 10.8 Å². The summed E-state index contributed by atoms with van der Waals surface area (Å²) in [6, 6.07) is 18.3. The highest BCUT2D eigenvalue weighted by Crippen LogP contribution is 2.49. The van der Waals surface area contributed by atoms with Crippen molar-refractivity contribution in [1.82, 2.24) is 0 Å². The Morgan fingerprint density at radius 3 is 1.24 bits per heavy atom. The fourth-order valence-electron chi connectivity index (χ4n) is 4.33. The predicted molar refractivity (Wildman–Crippen MR) is 138 cm³/mol. The third kappa shape index (κ3) is 3.83. The second kappa shape index (κ2) is 7.98. The maximum absolute atomic E-state index is 13.3. The van der Waals surface area contributed by atoms with Gasteiger partial charge in [-0.15, -0.1) is 0 Å². The number of Topliss-reactive ketones (excluding diaryl/α,β-unsaturated/α-hetero) is 2. The smallest absolute Gasteiger partial charge is 0.171 e. The van der Waals surface area contributed by atoms with Crippen LogP contribution in [0.2, 0.25) is 0 Å². The van der Waals surface area contributed by atoms with Crippen molar-refractivity contribution < 1.29 is 19.8 Å². The molecule has 34 heavy (non-hydrogen) atoms. The van der Waals surface area contributed by atoms with Crippen molar-refractivity contribution >= 4 is 33.1 Å². The van der Waals surface area contributed by atoms with Gasteiger partial charge in [-0.3, -0.25) is 9.59 Å². The van der Waals surface area contributed by atoms with Crippen molar-refractivity contribution in [3.63, 3.8) is 0 Å². The summed E-state index contributed by atoms with van der Waals surface area (Å²) in [7, 11) is 0. The summed E-state index contributed by atoms with van der Waals surface area (Å²) in [5, 5.41) is 26.0. The molecule has 0 saturated heterocycles. The molecule has 4 aromatic carbocycles. The zero-order valence-corrected chi connectivity index (χ0v) is 20.5. The van der Waals surface area contributed by atoms with Crippen molar-refractivity contribution in [2.75, 3.05) is 0 Å². The zero-order valence-electron chi connectivity index (χ0n) is 20.5. The van der Waals surface area contributed by atoms with Crippen molar-refractivity contribution in [2.24, 2.45) is 10.8 Å². The number of aromatic hydroxyl groups is 2. The lowest BCUT2D eigenvalue weighted by atomic mass is 9.81. The number of phenolic OH excluding ortho intramolecular Hbond substituents is 2. The van der Waals surface area contributed by atoms with Crippen LogP contribution < -0.4 is 0 Å². The molecule has 0 unspecified atom stereocenters. The summed E-state index contributed by atoms with van der Waals surface area (Å²) in [6.07, 6.45) is 0. The Labute approximate surface area is 199 Å². The Morgan fingerprint density at radius 2 is 0.912 bits per heavy atom. The van der Waals surface area contributed by atoms with Crippen molar-refractivity contribution in [1.29, 1.82) is 0 Å². The molecule has 174 valence electrons. The Balaban J connectivity index is 2.21. The van der Waals surface area contributed by atoms with E-state index in [2.05, 4.69) is 0 Å². The minimum atomic E-state index is -0.717. The number of phenols is 2. The van der Waals surface area contributed by atoms with Crippen LogP contribution in [0.5, 0.6) is 11.5 Å². The van der Waals surface area contributed by atoms with Crippen LogP contribution in [0.25, 0.3) is 32.7 Å². The van der Waals surface area contributed by atoms with Crippen molar-refractivity contribution in [3.8, 4) is 22.6 Å². The molecule has 0 heterocycles. The molecule has 4 nitrogen and oxygen atoms in total. The van der Waals surface area contributed by atoms with Gasteiger partial charge in [-0.1, -0.05) is 90.1 Å². The predicted octanol–water partition coefficient (Wildman–Crippen LogP) is 7.53. The average Bonchev–Trinajstić information content (AvgIpc) is 2.77. The SMILES string of the molecule is CC(C)(C)C(=O)c1cc2ccccc2c(-c2c(O)c(C(=O)C(C)(C)C)cc3ccccc23)c1O. The van der Waals surface area contributed by atoms with Gasteiger partial charge < -0.3 is 10.2 Å². The third-order valence-electron chi connectivity index (χ3n) is 6.15. The molecule has 0 aliphatic rings. The Kier molecular flexibility index (Phi) is 5.52. The van der Waals surface area contributed by atoms with Gasteiger partial charge in [-0.05, 0) is 33.7 Å². The molecule has 0 aliphatic heterocycles. The van der Waals surface area contributed by atoms with E-state index in [0.717, 1.165) is 10.8 Å². The summed E-state index contributed by atoms with van der Waals surface area (Å²) in [4.78, 5) is 26.6. The number of rotatable bonds is 3. The van der Waals surface area contributed by atoms with E-state index in [1.165, 1.54) is 0 Å². The van der Waals surface area contributed by atoms with Crippen LogP contribution >= 0.6 is 0 Å². The van der Waals surface area contributed by atoms with Gasteiger partial charge >= 0.3 is 0 Å². The highest BCUT2D eigenvalue weighted by Gasteiger charge is 2.32. The first-order chi connectivity index (χ1) is 15.8. The molecular formula is C30H30O4. The van der Waals surface area contributed by atoms with Gasteiger partial charge in [0, 0.05) is 22.0 Å². The van der Waals surface area contributed by atoms with E-state index in [-0.39, 0.29) is 34.2 Å². The third-order valence-corrected chi connectivity index (χ3v) is 6.15. The lowest BCUT2D eigenvalue weighted by Gasteiger charge is -2.23. The van der Waals surface area contributed by atoms with Gasteiger partial charge in [0.2, 0.25) is 0 Å². The first-order valence-corrected chi connectivity index (χ1v) is 11.4. The molecule has 0 bridgehead atoms. The minimum Gasteiger partial charge on any atom is -0.507 e. The summed E-state index contributed by atoms with van der Waals surface area (Å²) in [6.45, 7) is 10.8. The second-order valence-corrected chi connectivity index (χ2v) is 10.9. The summed E-state index contributed by atoms with van der Waals surface area (Å²) in [5.74, 6) is -0.802. The monoisotopic (exact) mass is 454 g/mol. The molecule has 0 spiro atoms. The Morgan fingerprint density at radius 1 is 0.588 bits per heavy atom. The molecule has 0 radical (unpaired) electrons. The van der Waals surface area contributed by atoms with Gasteiger partial charge in [-0.25, -0.2) is 0 Å². The standard InChI is InChI=1S/C30H30O4/c1-29(2,3)27(33)21-15-17-11-7-9-13-19(17)23(25(21)31)24-20-14-10-8-12-18(20)16-22(26(24)32)28(34)30(4,5)6/h7-16,31-32H,1-6H3.